The maximum Gasteiger partial charge on any atom is 0.472 e. The Morgan fingerprint density at radius 3 is 1.04 bits per heavy atom. The predicted octanol–water partition coefficient (Wildman–Crippen LogP) is 21.4. The van der Waals surface area contributed by atoms with Crippen LogP contribution in [0.15, 0.2) is 85.1 Å². The molecule has 0 aliphatic rings. The SMILES string of the molecule is CC/C=C\C/C=C\C/C=C\C/C=C\C/C=C\C/C=C\C/C=C\CCCCCCCCCCCCCCCCCC(=O)OC(COC(=O)CCCCCCCCCCCCCCCCCCCCCCC)COP(=O)(O)OCCN. The van der Waals surface area contributed by atoms with Gasteiger partial charge in [-0.25, -0.2) is 4.57 Å². The van der Waals surface area contributed by atoms with Crippen molar-refractivity contribution in [2.24, 2.45) is 5.73 Å². The number of allylic oxidation sites excluding steroid dienone is 14. The van der Waals surface area contributed by atoms with E-state index in [0.717, 1.165) is 83.5 Å². The molecular weight excluding hydrogens is 1000 g/mol. The van der Waals surface area contributed by atoms with E-state index in [1.807, 2.05) is 0 Å². The van der Waals surface area contributed by atoms with Gasteiger partial charge in [0.15, 0.2) is 6.10 Å². The Bertz CT molecular complexity index is 1570. The topological polar surface area (TPSA) is 134 Å². The molecule has 0 saturated carbocycles. The van der Waals surface area contributed by atoms with Gasteiger partial charge in [0.25, 0.3) is 0 Å². The van der Waals surface area contributed by atoms with Gasteiger partial charge in [0.2, 0.25) is 0 Å². The number of carbonyl (C=O) groups is 2. The molecule has 0 fully saturated rings. The highest BCUT2D eigenvalue weighted by Gasteiger charge is 2.26. The fraction of sp³-hybridized carbons (Fsp3) is 0.768. The summed E-state index contributed by atoms with van der Waals surface area (Å²) in [7, 11) is -4.39. The molecule has 0 aromatic heterocycles. The van der Waals surface area contributed by atoms with Crippen LogP contribution in [0.1, 0.15) is 309 Å². The first-order chi connectivity index (χ1) is 38.8. The lowest BCUT2D eigenvalue weighted by Crippen LogP contribution is -2.29. The van der Waals surface area contributed by atoms with E-state index in [4.69, 9.17) is 24.3 Å². The molecule has 2 unspecified atom stereocenters. The van der Waals surface area contributed by atoms with Crippen molar-refractivity contribution in [3.05, 3.63) is 85.1 Å². The van der Waals surface area contributed by atoms with E-state index in [9.17, 15) is 19.0 Å². The van der Waals surface area contributed by atoms with Gasteiger partial charge in [-0.05, 0) is 70.6 Å². The average molecular weight is 1130 g/mol. The number of rotatable bonds is 62. The monoisotopic (exact) mass is 1130 g/mol. The van der Waals surface area contributed by atoms with Crippen molar-refractivity contribution in [3.8, 4) is 0 Å². The second-order valence-corrected chi connectivity index (χ2v) is 23.4. The van der Waals surface area contributed by atoms with Gasteiger partial charge in [0, 0.05) is 19.4 Å². The van der Waals surface area contributed by atoms with E-state index in [2.05, 4.69) is 98.9 Å². The summed E-state index contributed by atoms with van der Waals surface area (Å²) in [5.41, 5.74) is 5.39. The first-order valence-corrected chi connectivity index (χ1v) is 34.6. The number of unbranched alkanes of at least 4 members (excludes halogenated alkanes) is 35. The molecule has 0 radical (unpaired) electrons. The third kappa shape index (κ3) is 64.2. The van der Waals surface area contributed by atoms with Crippen molar-refractivity contribution in [2.75, 3.05) is 26.4 Å². The largest absolute Gasteiger partial charge is 0.472 e. The van der Waals surface area contributed by atoms with Crippen LogP contribution in [-0.2, 0) is 32.7 Å². The Morgan fingerprint density at radius 2 is 0.696 bits per heavy atom. The lowest BCUT2D eigenvalue weighted by Gasteiger charge is -2.19. The lowest BCUT2D eigenvalue weighted by molar-refractivity contribution is -0.161. The number of hydrogen-bond acceptors (Lipinski definition) is 8. The van der Waals surface area contributed by atoms with E-state index in [1.165, 1.54) is 193 Å². The molecule has 0 heterocycles. The number of phosphoric ester groups is 1. The molecule has 0 saturated heterocycles. The number of ether oxygens (including phenoxy) is 2. The molecule has 10 heteroatoms. The molecule has 0 rings (SSSR count). The number of carbonyl (C=O) groups excluding carboxylic acids is 2. The Morgan fingerprint density at radius 1 is 0.392 bits per heavy atom. The number of hydrogen-bond donors (Lipinski definition) is 2. The summed E-state index contributed by atoms with van der Waals surface area (Å²) in [5, 5.41) is 0. The van der Waals surface area contributed by atoms with Crippen LogP contribution in [0.25, 0.3) is 0 Å². The van der Waals surface area contributed by atoms with Gasteiger partial charge in [0.1, 0.15) is 6.61 Å². The molecule has 0 amide bonds. The summed E-state index contributed by atoms with van der Waals surface area (Å²) in [6.45, 7) is 3.68. The molecule has 0 aromatic carbocycles. The minimum absolute atomic E-state index is 0.0531. The van der Waals surface area contributed by atoms with Gasteiger partial charge >= 0.3 is 19.8 Å². The zero-order valence-corrected chi connectivity index (χ0v) is 52.2. The zero-order valence-electron chi connectivity index (χ0n) is 51.3. The standard InChI is InChI=1S/C69H124NO8P/c1-3-5-7-9-11-13-15-17-19-21-23-25-26-27-28-29-30-31-32-33-34-35-36-37-38-39-40-42-44-46-48-50-52-54-56-58-60-62-69(72)78-67(66-77-79(73,74)76-64-63-70)65-75-68(71)61-59-57-55-53-51-49-47-45-43-41-24-22-20-18-16-14-12-10-8-6-4-2/h5,7,11,13,17,19,23,25,27-28,30-31,33-34,67H,3-4,6,8-10,12,14-16,18,20-22,24,26,29,32,35-66,70H2,1-2H3,(H,73,74)/b7-5-,13-11-,19-17-,25-23-,28-27-,31-30-,34-33-. The van der Waals surface area contributed by atoms with Crippen molar-refractivity contribution in [1.29, 1.82) is 0 Å². The van der Waals surface area contributed by atoms with Gasteiger partial charge < -0.3 is 20.1 Å². The van der Waals surface area contributed by atoms with Gasteiger partial charge in [-0.15, -0.1) is 0 Å². The van der Waals surface area contributed by atoms with E-state index >= 15 is 0 Å². The molecule has 79 heavy (non-hydrogen) atoms. The molecule has 3 N–H and O–H groups in total. The molecule has 458 valence electrons. The van der Waals surface area contributed by atoms with Gasteiger partial charge in [-0.1, -0.05) is 311 Å². The van der Waals surface area contributed by atoms with Crippen LogP contribution in [-0.4, -0.2) is 49.3 Å². The third-order valence-corrected chi connectivity index (χ3v) is 15.3. The molecular formula is C69H124NO8P. The van der Waals surface area contributed by atoms with Crippen LogP contribution in [0.3, 0.4) is 0 Å². The normalized spacial score (nSPS) is 13.5. The molecule has 0 spiro atoms. The van der Waals surface area contributed by atoms with E-state index in [0.29, 0.717) is 6.42 Å². The quantitative estimate of drug-likeness (QED) is 0.0264. The minimum atomic E-state index is -4.39. The number of nitrogens with two attached hydrogens (primary N) is 1. The van der Waals surface area contributed by atoms with Crippen LogP contribution in [0.4, 0.5) is 0 Å². The number of esters is 2. The predicted molar refractivity (Wildman–Crippen MR) is 339 cm³/mol. The van der Waals surface area contributed by atoms with Crippen molar-refractivity contribution in [3.63, 3.8) is 0 Å². The molecule has 0 aliphatic carbocycles. The molecule has 9 nitrogen and oxygen atoms in total. The Hall–Kier alpha value is -2.81. The Balaban J connectivity index is 3.88. The summed E-state index contributed by atoms with van der Waals surface area (Å²) < 4.78 is 33.1. The van der Waals surface area contributed by atoms with Crippen molar-refractivity contribution in [1.82, 2.24) is 0 Å². The maximum absolute atomic E-state index is 12.7. The smallest absolute Gasteiger partial charge is 0.462 e. The van der Waals surface area contributed by atoms with Gasteiger partial charge in [-0.2, -0.15) is 0 Å². The summed E-state index contributed by atoms with van der Waals surface area (Å²) in [6.07, 6.45) is 85.2. The summed E-state index contributed by atoms with van der Waals surface area (Å²) in [4.78, 5) is 35.3. The van der Waals surface area contributed by atoms with Crippen molar-refractivity contribution >= 4 is 19.8 Å². The highest BCUT2D eigenvalue weighted by atomic mass is 31.2. The fourth-order valence-corrected chi connectivity index (χ4v) is 10.2. The molecule has 0 bridgehead atoms. The van der Waals surface area contributed by atoms with Crippen LogP contribution in [0, 0.1) is 0 Å². The lowest BCUT2D eigenvalue weighted by atomic mass is 10.0. The average Bonchev–Trinajstić information content (AvgIpc) is 3.44. The highest BCUT2D eigenvalue weighted by molar-refractivity contribution is 7.47. The second-order valence-electron chi connectivity index (χ2n) is 22.0. The van der Waals surface area contributed by atoms with E-state index < -0.39 is 26.5 Å². The summed E-state index contributed by atoms with van der Waals surface area (Å²) in [6, 6.07) is 0. The highest BCUT2D eigenvalue weighted by Crippen LogP contribution is 2.43. The second kappa shape index (κ2) is 64.4. The number of phosphoric acid groups is 1. The van der Waals surface area contributed by atoms with Crippen molar-refractivity contribution in [2.45, 2.75) is 315 Å². The molecule has 0 aromatic rings. The molecule has 2 atom stereocenters. The first-order valence-electron chi connectivity index (χ1n) is 33.1. The first kappa shape index (κ1) is 76.2. The van der Waals surface area contributed by atoms with Crippen LogP contribution < -0.4 is 5.73 Å². The Kier molecular flexibility index (Phi) is 62.1. The van der Waals surface area contributed by atoms with Crippen LogP contribution in [0.5, 0.6) is 0 Å². The van der Waals surface area contributed by atoms with E-state index in [-0.39, 0.29) is 38.6 Å². The Labute approximate surface area is 487 Å². The summed E-state index contributed by atoms with van der Waals surface area (Å²) in [5.74, 6) is -0.815. The third-order valence-electron chi connectivity index (χ3n) is 14.3. The van der Waals surface area contributed by atoms with Crippen molar-refractivity contribution < 1.29 is 37.6 Å². The van der Waals surface area contributed by atoms with E-state index in [1.54, 1.807) is 0 Å². The van der Waals surface area contributed by atoms with Gasteiger partial charge in [0.05, 0.1) is 13.2 Å². The maximum atomic E-state index is 12.7. The minimum Gasteiger partial charge on any atom is -0.462 e. The fourth-order valence-electron chi connectivity index (χ4n) is 9.44. The van der Waals surface area contributed by atoms with Gasteiger partial charge in [-0.3, -0.25) is 18.6 Å². The zero-order chi connectivity index (χ0) is 57.3. The van der Waals surface area contributed by atoms with Crippen LogP contribution >= 0.6 is 7.82 Å². The summed E-state index contributed by atoms with van der Waals surface area (Å²) >= 11 is 0. The van der Waals surface area contributed by atoms with Crippen LogP contribution in [0.2, 0.25) is 0 Å². The molecule has 0 aliphatic heterocycles.